The molecule has 2 rings (SSSR count). The zero-order valence-corrected chi connectivity index (χ0v) is 9.13. The Bertz CT molecular complexity index is 494. The SMILES string of the molecule is Nc1c(-c2ccccc2)noc1CCOC=O. The molecule has 5 heteroatoms. The van der Waals surface area contributed by atoms with E-state index in [9.17, 15) is 4.79 Å². The maximum atomic E-state index is 10.0. The molecule has 5 nitrogen and oxygen atoms in total. The Morgan fingerprint density at radius 2 is 2.12 bits per heavy atom. The summed E-state index contributed by atoms with van der Waals surface area (Å²) in [6.45, 7) is 0.627. The van der Waals surface area contributed by atoms with E-state index in [2.05, 4.69) is 9.89 Å². The molecule has 2 aromatic rings. The molecule has 0 aliphatic carbocycles. The van der Waals surface area contributed by atoms with Gasteiger partial charge in [0.1, 0.15) is 11.4 Å². The van der Waals surface area contributed by atoms with Crippen LogP contribution in [0.2, 0.25) is 0 Å². The van der Waals surface area contributed by atoms with Crippen LogP contribution in [-0.2, 0) is 16.0 Å². The van der Waals surface area contributed by atoms with Crippen molar-refractivity contribution in [3.05, 3.63) is 36.1 Å². The molecule has 1 heterocycles. The number of rotatable bonds is 5. The molecule has 0 saturated carbocycles. The number of aromatic nitrogens is 1. The number of anilines is 1. The van der Waals surface area contributed by atoms with Gasteiger partial charge in [0.05, 0.1) is 6.61 Å². The highest BCUT2D eigenvalue weighted by Gasteiger charge is 2.13. The fourth-order valence-corrected chi connectivity index (χ4v) is 1.52. The molecule has 0 aliphatic rings. The zero-order chi connectivity index (χ0) is 12.1. The standard InChI is InChI=1S/C12H12N2O3/c13-11-10(6-7-16-8-15)17-14-12(11)9-4-2-1-3-5-9/h1-5,8H,6-7,13H2. The van der Waals surface area contributed by atoms with Crippen molar-refractivity contribution in [1.82, 2.24) is 5.16 Å². The van der Waals surface area contributed by atoms with Gasteiger partial charge in [0, 0.05) is 12.0 Å². The van der Waals surface area contributed by atoms with E-state index in [1.165, 1.54) is 0 Å². The van der Waals surface area contributed by atoms with Crippen molar-refractivity contribution in [2.24, 2.45) is 0 Å². The summed E-state index contributed by atoms with van der Waals surface area (Å²) in [5, 5.41) is 3.92. The smallest absolute Gasteiger partial charge is 0.293 e. The molecule has 2 N–H and O–H groups in total. The first-order valence-corrected chi connectivity index (χ1v) is 5.17. The number of ether oxygens (including phenoxy) is 1. The Balaban J connectivity index is 2.18. The minimum Gasteiger partial charge on any atom is -0.467 e. The van der Waals surface area contributed by atoms with E-state index < -0.39 is 0 Å². The molecule has 0 bridgehead atoms. The summed E-state index contributed by atoms with van der Waals surface area (Å²) >= 11 is 0. The number of nitrogen functional groups attached to an aromatic ring is 1. The summed E-state index contributed by atoms with van der Waals surface area (Å²) in [5.41, 5.74) is 7.93. The van der Waals surface area contributed by atoms with Gasteiger partial charge in [0.25, 0.3) is 6.47 Å². The third kappa shape index (κ3) is 2.44. The lowest BCUT2D eigenvalue weighted by molar-refractivity contribution is -0.128. The maximum Gasteiger partial charge on any atom is 0.293 e. The fraction of sp³-hybridized carbons (Fsp3) is 0.167. The highest BCUT2D eigenvalue weighted by atomic mass is 16.5. The molecule has 0 spiro atoms. The fourth-order valence-electron chi connectivity index (χ4n) is 1.52. The van der Waals surface area contributed by atoms with Crippen molar-refractivity contribution in [2.75, 3.05) is 12.3 Å². The number of nitrogens with zero attached hydrogens (tertiary/aromatic N) is 1. The average molecular weight is 232 g/mol. The van der Waals surface area contributed by atoms with Crippen LogP contribution >= 0.6 is 0 Å². The van der Waals surface area contributed by atoms with Gasteiger partial charge in [-0.25, -0.2) is 0 Å². The molecular formula is C12H12N2O3. The lowest BCUT2D eigenvalue weighted by atomic mass is 10.1. The van der Waals surface area contributed by atoms with E-state index in [4.69, 9.17) is 10.3 Å². The largest absolute Gasteiger partial charge is 0.467 e. The second-order valence-electron chi connectivity index (χ2n) is 3.45. The highest BCUT2D eigenvalue weighted by Crippen LogP contribution is 2.27. The monoisotopic (exact) mass is 232 g/mol. The molecule has 1 aromatic carbocycles. The van der Waals surface area contributed by atoms with Gasteiger partial charge in [-0.1, -0.05) is 35.5 Å². The zero-order valence-electron chi connectivity index (χ0n) is 9.13. The second kappa shape index (κ2) is 5.16. The quantitative estimate of drug-likeness (QED) is 0.626. The first-order chi connectivity index (χ1) is 8.33. The normalized spacial score (nSPS) is 10.1. The van der Waals surface area contributed by atoms with Crippen LogP contribution in [0.5, 0.6) is 0 Å². The van der Waals surface area contributed by atoms with Crippen LogP contribution in [0, 0.1) is 0 Å². The lowest BCUT2D eigenvalue weighted by Crippen LogP contribution is -1.98. The molecular weight excluding hydrogens is 220 g/mol. The number of nitrogens with two attached hydrogens (primary N) is 1. The van der Waals surface area contributed by atoms with E-state index in [1.54, 1.807) is 0 Å². The Morgan fingerprint density at radius 3 is 2.82 bits per heavy atom. The molecule has 0 aliphatic heterocycles. The van der Waals surface area contributed by atoms with E-state index in [1.807, 2.05) is 30.3 Å². The summed E-state index contributed by atoms with van der Waals surface area (Å²) in [4.78, 5) is 10.0. The predicted octanol–water partition coefficient (Wildman–Crippen LogP) is 1.64. The van der Waals surface area contributed by atoms with E-state index in [-0.39, 0.29) is 6.61 Å². The molecule has 0 amide bonds. The first-order valence-electron chi connectivity index (χ1n) is 5.17. The predicted molar refractivity (Wildman–Crippen MR) is 62.1 cm³/mol. The minimum atomic E-state index is 0.233. The first kappa shape index (κ1) is 11.2. The van der Waals surface area contributed by atoms with Gasteiger partial charge < -0.3 is 15.0 Å². The van der Waals surface area contributed by atoms with Crippen molar-refractivity contribution in [3.8, 4) is 11.3 Å². The number of hydrogen-bond donors (Lipinski definition) is 1. The van der Waals surface area contributed by atoms with Crippen LogP contribution in [0.4, 0.5) is 5.69 Å². The summed E-state index contributed by atoms with van der Waals surface area (Å²) in [6.07, 6.45) is 0.421. The second-order valence-corrected chi connectivity index (χ2v) is 3.45. The van der Waals surface area contributed by atoms with E-state index in [0.29, 0.717) is 30.0 Å². The molecule has 0 saturated heterocycles. The molecule has 0 radical (unpaired) electrons. The Hall–Kier alpha value is -2.30. The van der Waals surface area contributed by atoms with Crippen molar-refractivity contribution in [3.63, 3.8) is 0 Å². The van der Waals surface area contributed by atoms with Crippen LogP contribution in [0.1, 0.15) is 5.76 Å². The van der Waals surface area contributed by atoms with Gasteiger partial charge in [0.15, 0.2) is 5.76 Å². The molecule has 0 fully saturated rings. The minimum absolute atomic E-state index is 0.233. The third-order valence-corrected chi connectivity index (χ3v) is 2.36. The van der Waals surface area contributed by atoms with Gasteiger partial charge in [-0.3, -0.25) is 4.79 Å². The van der Waals surface area contributed by atoms with Crippen molar-refractivity contribution >= 4 is 12.2 Å². The Kier molecular flexibility index (Phi) is 3.40. The van der Waals surface area contributed by atoms with Crippen LogP contribution in [0.3, 0.4) is 0 Å². The molecule has 1 aromatic heterocycles. The Morgan fingerprint density at radius 1 is 1.35 bits per heavy atom. The van der Waals surface area contributed by atoms with Gasteiger partial charge >= 0.3 is 0 Å². The van der Waals surface area contributed by atoms with Crippen molar-refractivity contribution in [1.29, 1.82) is 0 Å². The van der Waals surface area contributed by atoms with Gasteiger partial charge in [0.2, 0.25) is 0 Å². The van der Waals surface area contributed by atoms with Crippen LogP contribution in [-0.4, -0.2) is 18.2 Å². The van der Waals surface area contributed by atoms with Crippen LogP contribution in [0.15, 0.2) is 34.9 Å². The summed E-state index contributed by atoms with van der Waals surface area (Å²) in [5.74, 6) is 0.533. The van der Waals surface area contributed by atoms with Gasteiger partial charge in [-0.2, -0.15) is 0 Å². The van der Waals surface area contributed by atoms with E-state index >= 15 is 0 Å². The van der Waals surface area contributed by atoms with Crippen molar-refractivity contribution in [2.45, 2.75) is 6.42 Å². The molecule has 0 atom stereocenters. The van der Waals surface area contributed by atoms with Crippen molar-refractivity contribution < 1.29 is 14.1 Å². The topological polar surface area (TPSA) is 78.3 Å². The van der Waals surface area contributed by atoms with E-state index in [0.717, 1.165) is 5.56 Å². The maximum absolute atomic E-state index is 10.0. The summed E-state index contributed by atoms with van der Waals surface area (Å²) in [7, 11) is 0. The number of benzene rings is 1. The number of carbonyl (C=O) groups is 1. The van der Waals surface area contributed by atoms with Gasteiger partial charge in [-0.05, 0) is 0 Å². The number of carbonyl (C=O) groups excluding carboxylic acids is 1. The van der Waals surface area contributed by atoms with Crippen LogP contribution < -0.4 is 5.73 Å². The summed E-state index contributed by atoms with van der Waals surface area (Å²) < 4.78 is 9.71. The molecule has 0 unspecified atom stereocenters. The average Bonchev–Trinajstić information content (AvgIpc) is 2.73. The lowest BCUT2D eigenvalue weighted by Gasteiger charge is -1.98. The van der Waals surface area contributed by atoms with Crippen LogP contribution in [0.25, 0.3) is 11.3 Å². The Labute approximate surface area is 98.2 Å². The molecule has 17 heavy (non-hydrogen) atoms. The number of hydrogen-bond acceptors (Lipinski definition) is 5. The van der Waals surface area contributed by atoms with Gasteiger partial charge in [-0.15, -0.1) is 0 Å². The third-order valence-electron chi connectivity index (χ3n) is 2.36. The summed E-state index contributed by atoms with van der Waals surface area (Å²) in [6, 6.07) is 9.52. The highest BCUT2D eigenvalue weighted by molar-refractivity contribution is 5.73. The molecule has 88 valence electrons.